The molecule has 5 nitrogen and oxygen atoms in total. The van der Waals surface area contributed by atoms with E-state index in [1.54, 1.807) is 7.05 Å². The van der Waals surface area contributed by atoms with E-state index in [0.717, 1.165) is 42.6 Å². The maximum absolute atomic E-state index is 12.6. The molecule has 1 fully saturated rings. The van der Waals surface area contributed by atoms with E-state index in [1.165, 1.54) is 5.69 Å². The van der Waals surface area contributed by atoms with Gasteiger partial charge in [0.15, 0.2) is 11.7 Å². The molecule has 1 aromatic carbocycles. The highest BCUT2D eigenvalue weighted by atomic mass is 32.1. The van der Waals surface area contributed by atoms with Crippen LogP contribution in [0.5, 0.6) is 0 Å². The van der Waals surface area contributed by atoms with Crippen molar-refractivity contribution in [2.75, 3.05) is 31.6 Å². The predicted molar refractivity (Wildman–Crippen MR) is 107 cm³/mol. The van der Waals surface area contributed by atoms with Gasteiger partial charge < -0.3 is 15.5 Å². The molecule has 2 heterocycles. The fraction of sp³-hybridized carbons (Fsp3) is 0.474. The Hall–Kier alpha value is -2.29. The van der Waals surface area contributed by atoms with E-state index in [9.17, 15) is 13.2 Å². The van der Waals surface area contributed by atoms with Gasteiger partial charge >= 0.3 is 6.18 Å². The van der Waals surface area contributed by atoms with Crippen molar-refractivity contribution >= 4 is 23.0 Å². The topological polar surface area (TPSA) is 52.6 Å². The monoisotopic (exact) mass is 411 g/mol. The number of aromatic nitrogens is 1. The van der Waals surface area contributed by atoms with E-state index < -0.39 is 11.9 Å². The summed E-state index contributed by atoms with van der Waals surface area (Å²) in [6.45, 7) is 2.42. The second kappa shape index (κ2) is 9.27. The highest BCUT2D eigenvalue weighted by molar-refractivity contribution is 7.09. The first-order valence-electron chi connectivity index (χ1n) is 9.24. The summed E-state index contributed by atoms with van der Waals surface area (Å²) in [7, 11) is 1.69. The average molecular weight is 411 g/mol. The highest BCUT2D eigenvalue weighted by Crippen LogP contribution is 2.30. The van der Waals surface area contributed by atoms with Crippen molar-refractivity contribution < 1.29 is 13.2 Å². The largest absolute Gasteiger partial charge is 0.434 e. The Bertz CT molecular complexity index is 767. The molecule has 1 saturated heterocycles. The minimum Gasteiger partial charge on any atom is -0.371 e. The number of nitrogens with one attached hydrogen (secondary N) is 2. The molecule has 2 aromatic rings. The normalized spacial score (nSPS) is 16.3. The summed E-state index contributed by atoms with van der Waals surface area (Å²) in [6.07, 6.45) is -1.96. The third kappa shape index (κ3) is 5.60. The van der Waals surface area contributed by atoms with E-state index >= 15 is 0 Å². The predicted octanol–water partition coefficient (Wildman–Crippen LogP) is 3.54. The van der Waals surface area contributed by atoms with Crippen LogP contribution in [-0.2, 0) is 12.6 Å². The van der Waals surface area contributed by atoms with Crippen molar-refractivity contribution in [2.24, 2.45) is 4.99 Å². The van der Waals surface area contributed by atoms with Gasteiger partial charge in [-0.15, -0.1) is 11.3 Å². The number of aliphatic imine (C=N–C) groups is 1. The number of alkyl halides is 3. The molecule has 0 bridgehead atoms. The van der Waals surface area contributed by atoms with Crippen LogP contribution in [0.4, 0.5) is 18.9 Å². The Balaban J connectivity index is 1.41. The molecule has 1 aliphatic rings. The molecule has 0 aliphatic carbocycles. The van der Waals surface area contributed by atoms with Crippen LogP contribution in [-0.4, -0.2) is 43.7 Å². The SMILES string of the molecule is CN=C(NCCc1nc(C(F)(F)F)cs1)NC1CCN(c2ccccc2)CC1. The third-order valence-electron chi connectivity index (χ3n) is 4.65. The summed E-state index contributed by atoms with van der Waals surface area (Å²) in [5.41, 5.74) is 0.422. The number of anilines is 1. The molecule has 0 amide bonds. The van der Waals surface area contributed by atoms with Gasteiger partial charge in [-0.25, -0.2) is 4.98 Å². The Kier molecular flexibility index (Phi) is 6.77. The number of piperidine rings is 1. The summed E-state index contributed by atoms with van der Waals surface area (Å²) in [4.78, 5) is 10.2. The first-order chi connectivity index (χ1) is 13.5. The van der Waals surface area contributed by atoms with Crippen LogP contribution >= 0.6 is 11.3 Å². The number of guanidine groups is 1. The second-order valence-corrected chi connectivity index (χ2v) is 7.56. The first kappa shape index (κ1) is 20.4. The van der Waals surface area contributed by atoms with Gasteiger partial charge in [-0.1, -0.05) is 18.2 Å². The smallest absolute Gasteiger partial charge is 0.371 e. The highest BCUT2D eigenvalue weighted by Gasteiger charge is 2.33. The molecule has 9 heteroatoms. The summed E-state index contributed by atoms with van der Waals surface area (Å²) >= 11 is 1.03. The van der Waals surface area contributed by atoms with Gasteiger partial charge in [0.05, 0.1) is 5.01 Å². The van der Waals surface area contributed by atoms with Crippen molar-refractivity contribution in [3.05, 3.63) is 46.4 Å². The zero-order valence-corrected chi connectivity index (χ0v) is 16.5. The van der Waals surface area contributed by atoms with Gasteiger partial charge in [-0.3, -0.25) is 4.99 Å². The van der Waals surface area contributed by atoms with Gasteiger partial charge in [0.1, 0.15) is 0 Å². The number of nitrogens with zero attached hydrogens (tertiary/aromatic N) is 3. The second-order valence-electron chi connectivity index (χ2n) is 6.61. The van der Waals surface area contributed by atoms with Crippen molar-refractivity contribution in [1.82, 2.24) is 15.6 Å². The zero-order valence-electron chi connectivity index (χ0n) is 15.7. The van der Waals surface area contributed by atoms with E-state index in [-0.39, 0.29) is 0 Å². The average Bonchev–Trinajstić information content (AvgIpc) is 3.18. The van der Waals surface area contributed by atoms with Gasteiger partial charge in [0.2, 0.25) is 0 Å². The molecule has 152 valence electrons. The molecule has 0 atom stereocenters. The Morgan fingerprint density at radius 1 is 1.25 bits per heavy atom. The minimum absolute atomic E-state index is 0.322. The van der Waals surface area contributed by atoms with Gasteiger partial charge in [-0.2, -0.15) is 13.2 Å². The Labute approximate surface area is 166 Å². The Morgan fingerprint density at radius 3 is 2.57 bits per heavy atom. The molecular weight excluding hydrogens is 387 g/mol. The maximum atomic E-state index is 12.6. The molecule has 0 radical (unpaired) electrons. The summed E-state index contributed by atoms with van der Waals surface area (Å²) in [5.74, 6) is 0.672. The van der Waals surface area contributed by atoms with Gasteiger partial charge in [0, 0.05) is 50.2 Å². The molecule has 2 N–H and O–H groups in total. The molecule has 0 spiro atoms. The maximum Gasteiger partial charge on any atom is 0.434 e. The van der Waals surface area contributed by atoms with Crippen molar-refractivity contribution in [1.29, 1.82) is 0 Å². The summed E-state index contributed by atoms with van der Waals surface area (Å²) in [6, 6.07) is 10.7. The number of thiazole rings is 1. The fourth-order valence-electron chi connectivity index (χ4n) is 3.15. The molecule has 1 aliphatic heterocycles. The van der Waals surface area contributed by atoms with Crippen LogP contribution in [0.1, 0.15) is 23.5 Å². The van der Waals surface area contributed by atoms with Gasteiger partial charge in [-0.05, 0) is 25.0 Å². The lowest BCUT2D eigenvalue weighted by atomic mass is 10.0. The fourth-order valence-corrected chi connectivity index (χ4v) is 3.96. The summed E-state index contributed by atoms with van der Waals surface area (Å²) < 4.78 is 37.8. The molecule has 28 heavy (non-hydrogen) atoms. The van der Waals surface area contributed by atoms with E-state index in [0.29, 0.717) is 30.0 Å². The van der Waals surface area contributed by atoms with Crippen LogP contribution in [0.15, 0.2) is 40.7 Å². The Morgan fingerprint density at radius 2 is 1.96 bits per heavy atom. The quantitative estimate of drug-likeness (QED) is 0.584. The van der Waals surface area contributed by atoms with E-state index in [4.69, 9.17) is 0 Å². The van der Waals surface area contributed by atoms with E-state index in [1.807, 2.05) is 18.2 Å². The lowest BCUT2D eigenvalue weighted by molar-refractivity contribution is -0.140. The number of para-hydroxylation sites is 1. The molecule has 0 unspecified atom stereocenters. The van der Waals surface area contributed by atoms with Crippen LogP contribution in [0.2, 0.25) is 0 Å². The first-order valence-corrected chi connectivity index (χ1v) is 10.1. The van der Waals surface area contributed by atoms with E-state index in [2.05, 4.69) is 37.6 Å². The van der Waals surface area contributed by atoms with Crippen LogP contribution in [0.25, 0.3) is 0 Å². The number of benzene rings is 1. The number of halogens is 3. The van der Waals surface area contributed by atoms with Crippen LogP contribution < -0.4 is 15.5 Å². The standard InChI is InChI=1S/C19H24F3N5S/c1-23-18(24-10-7-17-26-16(13-28-17)19(20,21)22)25-14-8-11-27(12-9-14)15-5-3-2-4-6-15/h2-6,13-14H,7-12H2,1H3,(H2,23,24,25). The summed E-state index contributed by atoms with van der Waals surface area (Å²) in [5, 5.41) is 8.10. The van der Waals surface area contributed by atoms with Gasteiger partial charge in [0.25, 0.3) is 0 Å². The zero-order chi connectivity index (χ0) is 20.0. The van der Waals surface area contributed by atoms with Crippen molar-refractivity contribution in [2.45, 2.75) is 31.5 Å². The lowest BCUT2D eigenvalue weighted by Gasteiger charge is -2.34. The van der Waals surface area contributed by atoms with Crippen molar-refractivity contribution in [3.63, 3.8) is 0 Å². The number of hydrogen-bond acceptors (Lipinski definition) is 4. The van der Waals surface area contributed by atoms with Crippen LogP contribution in [0, 0.1) is 0 Å². The third-order valence-corrected chi connectivity index (χ3v) is 5.56. The van der Waals surface area contributed by atoms with Crippen molar-refractivity contribution in [3.8, 4) is 0 Å². The molecule has 1 aromatic heterocycles. The molecule has 0 saturated carbocycles. The molecular formula is C19H24F3N5S. The van der Waals surface area contributed by atoms with Crippen LogP contribution in [0.3, 0.4) is 0 Å². The minimum atomic E-state index is -4.38. The number of hydrogen-bond donors (Lipinski definition) is 2. The molecule has 3 rings (SSSR count). The lowest BCUT2D eigenvalue weighted by Crippen LogP contribution is -2.49. The number of rotatable bonds is 5.